The molecule has 0 amide bonds. The SMILES string of the molecule is CC1CC(C)CN(CC(O)COCCOc2ccccc2Br)C1. The summed E-state index contributed by atoms with van der Waals surface area (Å²) < 4.78 is 12.1. The van der Waals surface area contributed by atoms with E-state index >= 15 is 0 Å². The number of nitrogens with zero attached hydrogens (tertiary/aromatic N) is 1. The van der Waals surface area contributed by atoms with Gasteiger partial charge in [-0.1, -0.05) is 26.0 Å². The molecule has 2 rings (SSSR count). The Bertz CT molecular complexity index is 461. The lowest BCUT2D eigenvalue weighted by atomic mass is 9.92. The molecule has 0 aliphatic carbocycles. The smallest absolute Gasteiger partial charge is 0.133 e. The van der Waals surface area contributed by atoms with Crippen LogP contribution in [0.2, 0.25) is 0 Å². The van der Waals surface area contributed by atoms with Gasteiger partial charge in [-0.05, 0) is 46.3 Å². The van der Waals surface area contributed by atoms with E-state index in [0.717, 1.165) is 23.3 Å². The highest BCUT2D eigenvalue weighted by Gasteiger charge is 2.23. The van der Waals surface area contributed by atoms with E-state index in [4.69, 9.17) is 9.47 Å². The minimum Gasteiger partial charge on any atom is -0.490 e. The van der Waals surface area contributed by atoms with E-state index in [1.165, 1.54) is 6.42 Å². The molecule has 1 N–H and O–H groups in total. The third-order valence-electron chi connectivity index (χ3n) is 4.05. The molecule has 0 spiro atoms. The Hall–Kier alpha value is -0.620. The lowest BCUT2D eigenvalue weighted by Gasteiger charge is -2.35. The third-order valence-corrected chi connectivity index (χ3v) is 4.70. The van der Waals surface area contributed by atoms with Gasteiger partial charge in [0.05, 0.1) is 23.8 Å². The van der Waals surface area contributed by atoms with Crippen molar-refractivity contribution in [3.05, 3.63) is 28.7 Å². The fraction of sp³-hybridized carbons (Fsp3) is 0.667. The summed E-state index contributed by atoms with van der Waals surface area (Å²) >= 11 is 3.44. The maximum atomic E-state index is 10.1. The predicted molar refractivity (Wildman–Crippen MR) is 95.8 cm³/mol. The van der Waals surface area contributed by atoms with Gasteiger partial charge in [-0.25, -0.2) is 0 Å². The molecular weight excluding hydrogens is 358 g/mol. The standard InChI is InChI=1S/C18H28BrNO3/c1-14-9-15(2)11-20(10-14)12-16(21)13-22-7-8-23-18-6-4-3-5-17(18)19/h3-6,14-16,21H,7-13H2,1-2H3. The highest BCUT2D eigenvalue weighted by molar-refractivity contribution is 9.10. The Morgan fingerprint density at radius 1 is 1.22 bits per heavy atom. The van der Waals surface area contributed by atoms with Gasteiger partial charge in [0.2, 0.25) is 0 Å². The Balaban J connectivity index is 1.58. The summed E-state index contributed by atoms with van der Waals surface area (Å²) in [6.07, 6.45) is 0.853. The predicted octanol–water partition coefficient (Wildman–Crippen LogP) is 3.18. The van der Waals surface area contributed by atoms with Crippen LogP contribution in [0.1, 0.15) is 20.3 Å². The minimum atomic E-state index is -0.434. The van der Waals surface area contributed by atoms with E-state index in [-0.39, 0.29) is 0 Å². The van der Waals surface area contributed by atoms with Gasteiger partial charge in [-0.2, -0.15) is 0 Å². The molecular formula is C18H28BrNO3. The number of hydrogen-bond donors (Lipinski definition) is 1. The first-order valence-corrected chi connectivity index (χ1v) is 9.19. The second kappa shape index (κ2) is 9.62. The van der Waals surface area contributed by atoms with Crippen LogP contribution in [-0.4, -0.2) is 55.6 Å². The molecule has 0 bridgehead atoms. The lowest BCUT2D eigenvalue weighted by Crippen LogP contribution is -2.43. The van der Waals surface area contributed by atoms with E-state index in [2.05, 4.69) is 34.7 Å². The second-order valence-electron chi connectivity index (χ2n) is 6.67. The van der Waals surface area contributed by atoms with Crippen LogP contribution < -0.4 is 4.74 Å². The van der Waals surface area contributed by atoms with E-state index in [1.807, 2.05) is 24.3 Å². The van der Waals surface area contributed by atoms with Gasteiger partial charge in [0.1, 0.15) is 12.4 Å². The molecule has 3 atom stereocenters. The van der Waals surface area contributed by atoms with Crippen LogP contribution in [0.5, 0.6) is 5.75 Å². The lowest BCUT2D eigenvalue weighted by molar-refractivity contribution is -0.00215. The number of aliphatic hydroxyl groups excluding tert-OH is 1. The van der Waals surface area contributed by atoms with Crippen molar-refractivity contribution in [3.8, 4) is 5.75 Å². The van der Waals surface area contributed by atoms with Gasteiger partial charge in [-0.3, -0.25) is 0 Å². The summed E-state index contributed by atoms with van der Waals surface area (Å²) in [5, 5.41) is 10.1. The molecule has 4 nitrogen and oxygen atoms in total. The zero-order valence-corrected chi connectivity index (χ0v) is 15.7. The van der Waals surface area contributed by atoms with Gasteiger partial charge in [-0.15, -0.1) is 0 Å². The normalized spacial score (nSPS) is 23.7. The Morgan fingerprint density at radius 3 is 2.61 bits per heavy atom. The molecule has 1 heterocycles. The number of likely N-dealkylation sites (tertiary alicyclic amines) is 1. The fourth-order valence-corrected chi connectivity index (χ4v) is 3.68. The van der Waals surface area contributed by atoms with Crippen LogP contribution in [0, 0.1) is 11.8 Å². The zero-order chi connectivity index (χ0) is 16.7. The van der Waals surface area contributed by atoms with Crippen molar-refractivity contribution in [1.29, 1.82) is 0 Å². The number of ether oxygens (including phenoxy) is 2. The van der Waals surface area contributed by atoms with Crippen molar-refractivity contribution in [2.45, 2.75) is 26.4 Å². The first-order valence-electron chi connectivity index (χ1n) is 8.40. The van der Waals surface area contributed by atoms with Crippen LogP contribution in [-0.2, 0) is 4.74 Å². The van der Waals surface area contributed by atoms with Crippen molar-refractivity contribution in [1.82, 2.24) is 4.90 Å². The fourth-order valence-electron chi connectivity index (χ4n) is 3.28. The van der Waals surface area contributed by atoms with Crippen LogP contribution >= 0.6 is 15.9 Å². The molecule has 0 radical (unpaired) electrons. The summed E-state index contributed by atoms with van der Waals surface area (Å²) in [6, 6.07) is 7.75. The first kappa shape index (κ1) is 18.7. The summed E-state index contributed by atoms with van der Waals surface area (Å²) in [5.41, 5.74) is 0. The maximum Gasteiger partial charge on any atom is 0.133 e. The second-order valence-corrected chi connectivity index (χ2v) is 7.53. The van der Waals surface area contributed by atoms with E-state index in [0.29, 0.717) is 38.2 Å². The van der Waals surface area contributed by atoms with Crippen molar-refractivity contribution in [2.75, 3.05) is 39.5 Å². The molecule has 1 saturated heterocycles. The molecule has 0 saturated carbocycles. The summed E-state index contributed by atoms with van der Waals surface area (Å²) in [4.78, 5) is 2.35. The summed E-state index contributed by atoms with van der Waals surface area (Å²) in [7, 11) is 0. The van der Waals surface area contributed by atoms with Gasteiger partial charge in [0, 0.05) is 19.6 Å². The van der Waals surface area contributed by atoms with E-state index < -0.39 is 6.10 Å². The van der Waals surface area contributed by atoms with Gasteiger partial charge in [0.15, 0.2) is 0 Å². The quantitative estimate of drug-likeness (QED) is 0.697. The number of aliphatic hydroxyl groups is 1. The summed E-state index contributed by atoms with van der Waals surface area (Å²) in [6.45, 7) is 8.73. The zero-order valence-electron chi connectivity index (χ0n) is 14.1. The van der Waals surface area contributed by atoms with Crippen molar-refractivity contribution >= 4 is 15.9 Å². The Labute approximate surface area is 147 Å². The molecule has 1 aliphatic rings. The first-order chi connectivity index (χ1) is 11.0. The molecule has 1 aromatic rings. The molecule has 1 aromatic carbocycles. The Kier molecular flexibility index (Phi) is 7.83. The monoisotopic (exact) mass is 385 g/mol. The van der Waals surface area contributed by atoms with Gasteiger partial charge < -0.3 is 19.5 Å². The average molecular weight is 386 g/mol. The Morgan fingerprint density at radius 2 is 1.91 bits per heavy atom. The van der Waals surface area contributed by atoms with Crippen molar-refractivity contribution in [2.24, 2.45) is 11.8 Å². The summed E-state index contributed by atoms with van der Waals surface area (Å²) in [5.74, 6) is 2.24. The van der Waals surface area contributed by atoms with Gasteiger partial charge >= 0.3 is 0 Å². The highest BCUT2D eigenvalue weighted by Crippen LogP contribution is 2.23. The highest BCUT2D eigenvalue weighted by atomic mass is 79.9. The third kappa shape index (κ3) is 6.79. The van der Waals surface area contributed by atoms with E-state index in [9.17, 15) is 5.11 Å². The number of benzene rings is 1. The number of β-amino-alcohol motifs (C(OH)–C–C–N with tert-alkyl or cyclic N) is 1. The largest absolute Gasteiger partial charge is 0.490 e. The van der Waals surface area contributed by atoms with Crippen LogP contribution in [0.4, 0.5) is 0 Å². The minimum absolute atomic E-state index is 0.360. The average Bonchev–Trinajstić information content (AvgIpc) is 2.47. The molecule has 1 aliphatic heterocycles. The molecule has 0 aromatic heterocycles. The van der Waals surface area contributed by atoms with Gasteiger partial charge in [0.25, 0.3) is 0 Å². The molecule has 130 valence electrons. The van der Waals surface area contributed by atoms with Crippen molar-refractivity contribution in [3.63, 3.8) is 0 Å². The number of piperidine rings is 1. The topological polar surface area (TPSA) is 41.9 Å². The molecule has 23 heavy (non-hydrogen) atoms. The van der Waals surface area contributed by atoms with Crippen LogP contribution in [0.25, 0.3) is 0 Å². The molecule has 5 heteroatoms. The number of hydrogen-bond acceptors (Lipinski definition) is 4. The molecule has 1 fully saturated rings. The maximum absolute atomic E-state index is 10.1. The van der Waals surface area contributed by atoms with E-state index in [1.54, 1.807) is 0 Å². The van der Waals surface area contributed by atoms with Crippen LogP contribution in [0.15, 0.2) is 28.7 Å². The van der Waals surface area contributed by atoms with Crippen molar-refractivity contribution < 1.29 is 14.6 Å². The van der Waals surface area contributed by atoms with Crippen LogP contribution in [0.3, 0.4) is 0 Å². The number of para-hydroxylation sites is 1. The number of halogens is 1. The molecule has 3 unspecified atom stereocenters. The number of rotatable bonds is 8.